The van der Waals surface area contributed by atoms with Crippen molar-refractivity contribution in [3.63, 3.8) is 0 Å². The molecule has 0 aliphatic carbocycles. The van der Waals surface area contributed by atoms with Gasteiger partial charge in [0.25, 0.3) is 0 Å². The lowest BCUT2D eigenvalue weighted by molar-refractivity contribution is -0.128. The van der Waals surface area contributed by atoms with Gasteiger partial charge in [-0.05, 0) is 32.3 Å². The lowest BCUT2D eigenvalue weighted by Crippen LogP contribution is -2.33. The lowest BCUT2D eigenvalue weighted by atomic mass is 10.2. The third-order valence-corrected chi connectivity index (χ3v) is 5.79. The van der Waals surface area contributed by atoms with Gasteiger partial charge in [0.05, 0.1) is 17.6 Å². The zero-order chi connectivity index (χ0) is 18.4. The van der Waals surface area contributed by atoms with Gasteiger partial charge in [-0.25, -0.2) is 0 Å². The van der Waals surface area contributed by atoms with E-state index in [0.29, 0.717) is 5.75 Å². The molecule has 0 radical (unpaired) electrons. The molecule has 3 rings (SSSR count). The molecule has 0 bridgehead atoms. The fraction of sp³-hybridized carbons (Fsp3) is 0.632. The minimum absolute atomic E-state index is 0.211. The highest BCUT2D eigenvalue weighted by atomic mass is 32.2. The number of amides is 1. The van der Waals surface area contributed by atoms with E-state index in [1.807, 2.05) is 17.9 Å². The Kier molecular flexibility index (Phi) is 6.77. The van der Waals surface area contributed by atoms with Crippen LogP contribution in [0.4, 0.5) is 0 Å². The van der Waals surface area contributed by atoms with Crippen molar-refractivity contribution in [2.24, 2.45) is 0 Å². The van der Waals surface area contributed by atoms with E-state index in [1.54, 1.807) is 6.26 Å². The van der Waals surface area contributed by atoms with Gasteiger partial charge in [0.2, 0.25) is 5.91 Å². The minimum atomic E-state index is 0.211. The van der Waals surface area contributed by atoms with Crippen LogP contribution in [0.3, 0.4) is 0 Å². The van der Waals surface area contributed by atoms with Crippen LogP contribution < -0.4 is 0 Å². The van der Waals surface area contributed by atoms with Crippen LogP contribution in [0.5, 0.6) is 0 Å². The Morgan fingerprint density at radius 2 is 2.00 bits per heavy atom. The minimum Gasteiger partial charge on any atom is -0.469 e. The largest absolute Gasteiger partial charge is 0.469 e. The number of carbonyl (C=O) groups is 1. The first-order chi connectivity index (χ1) is 12.7. The second kappa shape index (κ2) is 9.26. The molecule has 6 nitrogen and oxygen atoms in total. The first-order valence-corrected chi connectivity index (χ1v) is 10.6. The fourth-order valence-corrected chi connectivity index (χ4v) is 4.13. The SMILES string of the molecule is CCCCn1c(SCC(=O)N2CCCCCC2)nnc1-c1ccoc1C. The third-order valence-electron chi connectivity index (χ3n) is 4.84. The molecular weight excluding hydrogens is 348 g/mol. The van der Waals surface area contributed by atoms with E-state index in [4.69, 9.17) is 4.42 Å². The van der Waals surface area contributed by atoms with Gasteiger partial charge in [-0.3, -0.25) is 4.79 Å². The van der Waals surface area contributed by atoms with Crippen molar-refractivity contribution in [3.05, 3.63) is 18.1 Å². The van der Waals surface area contributed by atoms with Crippen LogP contribution in [0.25, 0.3) is 11.4 Å². The molecule has 7 heteroatoms. The summed E-state index contributed by atoms with van der Waals surface area (Å²) in [6.07, 6.45) is 8.53. The fourth-order valence-electron chi connectivity index (χ4n) is 3.27. The molecule has 1 amide bonds. The van der Waals surface area contributed by atoms with Crippen LogP contribution >= 0.6 is 11.8 Å². The third kappa shape index (κ3) is 4.50. The van der Waals surface area contributed by atoms with E-state index in [0.717, 1.165) is 67.6 Å². The van der Waals surface area contributed by atoms with Crippen LogP contribution in [0.2, 0.25) is 0 Å². The van der Waals surface area contributed by atoms with Gasteiger partial charge in [0.1, 0.15) is 5.76 Å². The summed E-state index contributed by atoms with van der Waals surface area (Å²) in [5.74, 6) is 2.30. The Bertz CT molecular complexity index is 717. The summed E-state index contributed by atoms with van der Waals surface area (Å²) in [5, 5.41) is 9.57. The zero-order valence-electron chi connectivity index (χ0n) is 15.7. The Balaban J connectivity index is 1.71. The van der Waals surface area contributed by atoms with Gasteiger partial charge in [0.15, 0.2) is 11.0 Å². The standard InChI is InChI=1S/C19H28N4O2S/c1-3-4-12-23-18(16-9-13-25-15(16)2)20-21-19(23)26-14-17(24)22-10-7-5-6-8-11-22/h9,13H,3-8,10-12,14H2,1-2H3. The molecule has 0 atom stereocenters. The van der Waals surface area contributed by atoms with E-state index in [-0.39, 0.29) is 5.91 Å². The average Bonchev–Trinajstić information content (AvgIpc) is 3.12. The Hall–Kier alpha value is -1.76. The predicted molar refractivity (Wildman–Crippen MR) is 103 cm³/mol. The highest BCUT2D eigenvalue weighted by Crippen LogP contribution is 2.27. The number of nitrogens with zero attached hydrogens (tertiary/aromatic N) is 4. The van der Waals surface area contributed by atoms with E-state index in [2.05, 4.69) is 21.7 Å². The Morgan fingerprint density at radius 3 is 2.65 bits per heavy atom. The van der Waals surface area contributed by atoms with Gasteiger partial charge in [-0.2, -0.15) is 0 Å². The van der Waals surface area contributed by atoms with Crippen molar-refractivity contribution in [2.75, 3.05) is 18.8 Å². The van der Waals surface area contributed by atoms with E-state index in [9.17, 15) is 4.79 Å². The maximum atomic E-state index is 12.6. The zero-order valence-corrected chi connectivity index (χ0v) is 16.6. The molecule has 142 valence electrons. The number of hydrogen-bond acceptors (Lipinski definition) is 5. The molecule has 0 aromatic carbocycles. The number of aryl methyl sites for hydroxylation is 1. The van der Waals surface area contributed by atoms with Gasteiger partial charge < -0.3 is 13.9 Å². The number of rotatable bonds is 7. The molecule has 1 aliphatic rings. The van der Waals surface area contributed by atoms with Crippen molar-refractivity contribution in [3.8, 4) is 11.4 Å². The van der Waals surface area contributed by atoms with Crippen molar-refractivity contribution in [1.82, 2.24) is 19.7 Å². The Morgan fingerprint density at radius 1 is 1.23 bits per heavy atom. The molecule has 0 N–H and O–H groups in total. The van der Waals surface area contributed by atoms with Crippen molar-refractivity contribution in [2.45, 2.75) is 64.1 Å². The molecule has 2 aromatic heterocycles. The first kappa shape index (κ1) is 19.0. The van der Waals surface area contributed by atoms with Crippen molar-refractivity contribution < 1.29 is 9.21 Å². The summed E-state index contributed by atoms with van der Waals surface area (Å²) in [6, 6.07) is 1.93. The van der Waals surface area contributed by atoms with Crippen LogP contribution in [-0.2, 0) is 11.3 Å². The number of likely N-dealkylation sites (tertiary alicyclic amines) is 1. The number of unbranched alkanes of at least 4 members (excludes halogenated alkanes) is 1. The number of furan rings is 1. The number of hydrogen-bond donors (Lipinski definition) is 0. The van der Waals surface area contributed by atoms with Crippen LogP contribution in [-0.4, -0.2) is 44.4 Å². The monoisotopic (exact) mass is 376 g/mol. The molecular formula is C19H28N4O2S. The highest BCUT2D eigenvalue weighted by Gasteiger charge is 2.20. The smallest absolute Gasteiger partial charge is 0.233 e. The van der Waals surface area contributed by atoms with Gasteiger partial charge in [0, 0.05) is 19.6 Å². The normalized spacial score (nSPS) is 15.2. The maximum absolute atomic E-state index is 12.6. The van der Waals surface area contributed by atoms with Crippen molar-refractivity contribution in [1.29, 1.82) is 0 Å². The first-order valence-electron chi connectivity index (χ1n) is 9.59. The quantitative estimate of drug-likeness (QED) is 0.680. The lowest BCUT2D eigenvalue weighted by Gasteiger charge is -2.19. The topological polar surface area (TPSA) is 64.2 Å². The average molecular weight is 377 g/mol. The number of thioether (sulfide) groups is 1. The van der Waals surface area contributed by atoms with E-state index < -0.39 is 0 Å². The summed E-state index contributed by atoms with van der Waals surface area (Å²) in [7, 11) is 0. The van der Waals surface area contributed by atoms with Gasteiger partial charge in [-0.15, -0.1) is 10.2 Å². The Labute approximate surface area is 159 Å². The van der Waals surface area contributed by atoms with Gasteiger partial charge in [-0.1, -0.05) is 37.9 Å². The molecule has 26 heavy (non-hydrogen) atoms. The second-order valence-corrected chi connectivity index (χ2v) is 7.73. The van der Waals surface area contributed by atoms with Crippen LogP contribution in [0, 0.1) is 6.92 Å². The highest BCUT2D eigenvalue weighted by molar-refractivity contribution is 7.99. The van der Waals surface area contributed by atoms with Gasteiger partial charge >= 0.3 is 0 Å². The maximum Gasteiger partial charge on any atom is 0.233 e. The molecule has 1 fully saturated rings. The summed E-state index contributed by atoms with van der Waals surface area (Å²) in [5.41, 5.74) is 0.972. The van der Waals surface area contributed by atoms with E-state index in [1.165, 1.54) is 24.6 Å². The predicted octanol–water partition coefficient (Wildman–Crippen LogP) is 4.14. The molecule has 0 spiro atoms. The molecule has 1 aliphatic heterocycles. The molecule has 2 aromatic rings. The molecule has 1 saturated heterocycles. The van der Waals surface area contributed by atoms with Crippen molar-refractivity contribution >= 4 is 17.7 Å². The molecule has 3 heterocycles. The summed E-state index contributed by atoms with van der Waals surface area (Å²) < 4.78 is 7.56. The summed E-state index contributed by atoms with van der Waals surface area (Å²) >= 11 is 1.50. The molecule has 0 saturated carbocycles. The number of aromatic nitrogens is 3. The van der Waals surface area contributed by atoms with Crippen LogP contribution in [0.1, 0.15) is 51.2 Å². The van der Waals surface area contributed by atoms with E-state index >= 15 is 0 Å². The summed E-state index contributed by atoms with van der Waals surface area (Å²) in [4.78, 5) is 14.6. The summed E-state index contributed by atoms with van der Waals surface area (Å²) in [6.45, 7) is 6.74. The van der Waals surface area contributed by atoms with Crippen LogP contribution in [0.15, 0.2) is 21.9 Å². The second-order valence-electron chi connectivity index (χ2n) is 6.79. The molecule has 0 unspecified atom stereocenters. The number of carbonyl (C=O) groups excluding carboxylic acids is 1.